The Labute approximate surface area is 124 Å². The van der Waals surface area contributed by atoms with E-state index in [4.69, 9.17) is 5.11 Å². The second-order valence-electron chi connectivity index (χ2n) is 4.74. The largest absolute Gasteiger partial charge is 0.480 e. The van der Waals surface area contributed by atoms with E-state index in [0.717, 1.165) is 0 Å². The van der Waals surface area contributed by atoms with Gasteiger partial charge in [0.05, 0.1) is 5.69 Å². The van der Waals surface area contributed by atoms with Crippen LogP contribution in [0.15, 0.2) is 22.7 Å². The van der Waals surface area contributed by atoms with Gasteiger partial charge in [0.25, 0.3) is 0 Å². The Balaban J connectivity index is 2.68. The van der Waals surface area contributed by atoms with Gasteiger partial charge in [-0.25, -0.2) is 14.0 Å². The predicted octanol–water partition coefficient (Wildman–Crippen LogP) is 3.21. The van der Waals surface area contributed by atoms with E-state index < -0.39 is 23.9 Å². The number of rotatable bonds is 5. The smallest absolute Gasteiger partial charge is 0.326 e. The normalized spacial score (nSPS) is 12.1. The summed E-state index contributed by atoms with van der Waals surface area (Å²) < 4.78 is 13.3. The molecule has 0 spiro atoms. The Morgan fingerprint density at radius 2 is 2.05 bits per heavy atom. The van der Waals surface area contributed by atoms with Crippen LogP contribution in [0.3, 0.4) is 0 Å². The fourth-order valence-electron chi connectivity index (χ4n) is 1.60. The van der Waals surface area contributed by atoms with Gasteiger partial charge in [-0.15, -0.1) is 0 Å². The Hall–Kier alpha value is -1.63. The van der Waals surface area contributed by atoms with E-state index in [1.165, 1.54) is 18.2 Å². The van der Waals surface area contributed by atoms with E-state index in [2.05, 4.69) is 26.6 Å². The van der Waals surface area contributed by atoms with E-state index in [-0.39, 0.29) is 5.92 Å². The third-order valence-electron chi connectivity index (χ3n) is 2.49. The third kappa shape index (κ3) is 5.16. The lowest BCUT2D eigenvalue weighted by molar-refractivity contribution is -0.139. The molecule has 2 amide bonds. The Kier molecular flexibility index (Phi) is 5.94. The molecule has 0 heterocycles. The summed E-state index contributed by atoms with van der Waals surface area (Å²) in [6.45, 7) is 3.73. The van der Waals surface area contributed by atoms with Crippen molar-refractivity contribution in [2.24, 2.45) is 5.92 Å². The lowest BCUT2D eigenvalue weighted by Crippen LogP contribution is -2.43. The number of carboxylic acid groups (broad SMARTS) is 1. The molecule has 0 aliphatic carbocycles. The Morgan fingerprint density at radius 1 is 1.40 bits per heavy atom. The van der Waals surface area contributed by atoms with Crippen LogP contribution in [-0.2, 0) is 4.79 Å². The second kappa shape index (κ2) is 7.23. The highest BCUT2D eigenvalue weighted by atomic mass is 79.9. The fraction of sp³-hybridized carbons (Fsp3) is 0.385. The number of hydrogen-bond acceptors (Lipinski definition) is 2. The molecule has 0 bridgehead atoms. The molecule has 20 heavy (non-hydrogen) atoms. The standard InChI is InChI=1S/C13H16BrFN2O3/c1-7(2)5-11(12(18)19)17-13(20)16-10-4-3-8(15)6-9(10)14/h3-4,6-7,11H,5H2,1-2H3,(H,18,19)(H2,16,17,20)/t11-/m1/s1. The zero-order chi connectivity index (χ0) is 15.3. The quantitative estimate of drug-likeness (QED) is 0.765. The molecule has 0 aliphatic rings. The van der Waals surface area contributed by atoms with Gasteiger partial charge in [-0.1, -0.05) is 13.8 Å². The van der Waals surface area contributed by atoms with E-state index in [1.807, 2.05) is 13.8 Å². The molecule has 0 unspecified atom stereocenters. The van der Waals surface area contributed by atoms with E-state index >= 15 is 0 Å². The summed E-state index contributed by atoms with van der Waals surface area (Å²) in [7, 11) is 0. The molecule has 0 aliphatic heterocycles. The van der Waals surface area contributed by atoms with Gasteiger partial charge in [0, 0.05) is 4.47 Å². The van der Waals surface area contributed by atoms with Crippen LogP contribution in [0.25, 0.3) is 0 Å². The highest BCUT2D eigenvalue weighted by Crippen LogP contribution is 2.22. The molecular formula is C13H16BrFN2O3. The lowest BCUT2D eigenvalue weighted by atomic mass is 10.0. The number of carboxylic acids is 1. The molecule has 5 nitrogen and oxygen atoms in total. The summed E-state index contributed by atoms with van der Waals surface area (Å²) >= 11 is 3.11. The van der Waals surface area contributed by atoms with Crippen molar-refractivity contribution in [3.8, 4) is 0 Å². The molecule has 0 saturated carbocycles. The van der Waals surface area contributed by atoms with Crippen LogP contribution in [-0.4, -0.2) is 23.1 Å². The maximum atomic E-state index is 12.9. The Bertz CT molecular complexity index is 508. The first kappa shape index (κ1) is 16.4. The zero-order valence-electron chi connectivity index (χ0n) is 11.1. The average molecular weight is 347 g/mol. The highest BCUT2D eigenvalue weighted by Gasteiger charge is 2.21. The maximum absolute atomic E-state index is 12.9. The van der Waals surface area contributed by atoms with Gasteiger partial charge in [-0.05, 0) is 46.5 Å². The van der Waals surface area contributed by atoms with Crippen molar-refractivity contribution in [2.75, 3.05) is 5.32 Å². The molecule has 0 aromatic heterocycles. The zero-order valence-corrected chi connectivity index (χ0v) is 12.7. The van der Waals surface area contributed by atoms with Crippen molar-refractivity contribution in [1.82, 2.24) is 5.32 Å². The molecule has 0 saturated heterocycles. The minimum absolute atomic E-state index is 0.133. The topological polar surface area (TPSA) is 78.4 Å². The molecule has 3 N–H and O–H groups in total. The molecule has 0 radical (unpaired) electrons. The fourth-order valence-corrected chi connectivity index (χ4v) is 2.05. The maximum Gasteiger partial charge on any atom is 0.326 e. The van der Waals surface area contributed by atoms with Crippen LogP contribution in [0.1, 0.15) is 20.3 Å². The van der Waals surface area contributed by atoms with Crippen LogP contribution in [0, 0.1) is 11.7 Å². The van der Waals surface area contributed by atoms with Crippen molar-refractivity contribution in [3.05, 3.63) is 28.5 Å². The van der Waals surface area contributed by atoms with Crippen LogP contribution < -0.4 is 10.6 Å². The molecular weight excluding hydrogens is 331 g/mol. The van der Waals surface area contributed by atoms with Crippen LogP contribution in [0.2, 0.25) is 0 Å². The number of carbonyl (C=O) groups is 2. The van der Waals surface area contributed by atoms with Crippen molar-refractivity contribution in [2.45, 2.75) is 26.3 Å². The monoisotopic (exact) mass is 346 g/mol. The molecule has 1 aromatic rings. The Morgan fingerprint density at radius 3 is 2.55 bits per heavy atom. The van der Waals surface area contributed by atoms with E-state index in [9.17, 15) is 14.0 Å². The predicted molar refractivity (Wildman–Crippen MR) is 77.1 cm³/mol. The summed E-state index contributed by atoms with van der Waals surface area (Å²) in [5.74, 6) is -1.40. The SMILES string of the molecule is CC(C)C[C@@H](NC(=O)Nc1ccc(F)cc1Br)C(=O)O. The van der Waals surface area contributed by atoms with Gasteiger partial charge in [0.15, 0.2) is 0 Å². The first-order chi connectivity index (χ1) is 9.29. The molecule has 0 fully saturated rings. The minimum Gasteiger partial charge on any atom is -0.480 e. The van der Waals surface area contributed by atoms with Crippen molar-refractivity contribution in [3.63, 3.8) is 0 Å². The summed E-state index contributed by atoms with van der Waals surface area (Å²) in [5.41, 5.74) is 0.359. The van der Waals surface area contributed by atoms with Gasteiger partial charge in [-0.2, -0.15) is 0 Å². The number of carbonyl (C=O) groups excluding carboxylic acids is 1. The molecule has 110 valence electrons. The van der Waals surface area contributed by atoms with Crippen molar-refractivity contribution >= 4 is 33.6 Å². The first-order valence-electron chi connectivity index (χ1n) is 6.05. The van der Waals surface area contributed by atoms with Crippen LogP contribution in [0.4, 0.5) is 14.9 Å². The first-order valence-corrected chi connectivity index (χ1v) is 6.84. The number of hydrogen-bond donors (Lipinski definition) is 3. The average Bonchev–Trinajstić information content (AvgIpc) is 2.31. The third-order valence-corrected chi connectivity index (χ3v) is 3.15. The molecule has 7 heteroatoms. The second-order valence-corrected chi connectivity index (χ2v) is 5.60. The number of amides is 2. The van der Waals surface area contributed by atoms with Gasteiger partial charge >= 0.3 is 12.0 Å². The molecule has 1 aromatic carbocycles. The lowest BCUT2D eigenvalue weighted by Gasteiger charge is -2.17. The number of nitrogens with one attached hydrogen (secondary N) is 2. The summed E-state index contributed by atoms with van der Waals surface area (Å²) in [6, 6.07) is 2.18. The van der Waals surface area contributed by atoms with E-state index in [1.54, 1.807) is 0 Å². The van der Waals surface area contributed by atoms with Gasteiger partial charge in [0.2, 0.25) is 0 Å². The minimum atomic E-state index is -1.09. The van der Waals surface area contributed by atoms with Crippen molar-refractivity contribution < 1.29 is 19.1 Å². The number of aliphatic carboxylic acids is 1. The molecule has 1 atom stereocenters. The summed E-state index contributed by atoms with van der Waals surface area (Å²) in [4.78, 5) is 22.8. The van der Waals surface area contributed by atoms with E-state index in [0.29, 0.717) is 16.6 Å². The van der Waals surface area contributed by atoms with Crippen LogP contribution >= 0.6 is 15.9 Å². The van der Waals surface area contributed by atoms with Gasteiger partial charge in [0.1, 0.15) is 11.9 Å². The number of urea groups is 1. The van der Waals surface area contributed by atoms with Crippen molar-refractivity contribution in [1.29, 1.82) is 0 Å². The summed E-state index contributed by atoms with van der Waals surface area (Å²) in [5, 5.41) is 13.9. The van der Waals surface area contributed by atoms with Gasteiger partial charge < -0.3 is 15.7 Å². The van der Waals surface area contributed by atoms with Gasteiger partial charge in [-0.3, -0.25) is 0 Å². The highest BCUT2D eigenvalue weighted by molar-refractivity contribution is 9.10. The van der Waals surface area contributed by atoms with Crippen LogP contribution in [0.5, 0.6) is 0 Å². The summed E-state index contributed by atoms with van der Waals surface area (Å²) in [6.07, 6.45) is 0.327. The molecule has 1 rings (SSSR count). The number of halogens is 2. The number of anilines is 1. The number of benzene rings is 1.